The molecule has 2 aromatic rings. The number of carbonyl (C=O) groups is 1. The predicted octanol–water partition coefficient (Wildman–Crippen LogP) is 4.19. The van der Waals surface area contributed by atoms with Crippen molar-refractivity contribution in [2.24, 2.45) is 0 Å². The molecule has 1 saturated carbocycles. The largest absolute Gasteiger partial charge is 0.497 e. The van der Waals surface area contributed by atoms with Crippen LogP contribution in [0.15, 0.2) is 54.6 Å². The van der Waals surface area contributed by atoms with E-state index >= 15 is 0 Å². The minimum absolute atomic E-state index is 0.0899. The highest BCUT2D eigenvalue weighted by atomic mass is 16.5. The van der Waals surface area contributed by atoms with Gasteiger partial charge in [-0.05, 0) is 49.1 Å². The van der Waals surface area contributed by atoms with Crippen LogP contribution in [0.4, 0.5) is 5.69 Å². The van der Waals surface area contributed by atoms with Crippen LogP contribution >= 0.6 is 0 Å². The van der Waals surface area contributed by atoms with Gasteiger partial charge in [0.05, 0.1) is 13.2 Å². The molecule has 0 bridgehead atoms. The lowest BCUT2D eigenvalue weighted by atomic mass is 9.79. The van der Waals surface area contributed by atoms with E-state index in [-0.39, 0.29) is 11.8 Å². The molecule has 30 heavy (non-hydrogen) atoms. The van der Waals surface area contributed by atoms with E-state index < -0.39 is 11.6 Å². The third-order valence-electron chi connectivity index (χ3n) is 6.69. The number of piperidine rings is 1. The van der Waals surface area contributed by atoms with Crippen molar-refractivity contribution in [2.45, 2.75) is 56.1 Å². The van der Waals surface area contributed by atoms with E-state index in [1.54, 1.807) is 7.11 Å². The van der Waals surface area contributed by atoms with Gasteiger partial charge in [0.2, 0.25) is 5.91 Å². The molecule has 1 aliphatic carbocycles. The van der Waals surface area contributed by atoms with E-state index in [1.807, 2.05) is 47.4 Å². The maximum atomic E-state index is 13.7. The molecule has 2 N–H and O–H groups in total. The van der Waals surface area contributed by atoms with Crippen LogP contribution in [0, 0.1) is 0 Å². The molecule has 2 aliphatic rings. The van der Waals surface area contributed by atoms with Gasteiger partial charge in [0.15, 0.2) is 0 Å². The molecule has 2 atom stereocenters. The number of benzene rings is 2. The second kappa shape index (κ2) is 9.09. The number of hydrogen-bond donors (Lipinski definition) is 2. The number of aliphatic hydroxyl groups excluding tert-OH is 1. The Morgan fingerprint density at radius 3 is 2.40 bits per heavy atom. The molecule has 0 unspecified atom stereocenters. The van der Waals surface area contributed by atoms with Crippen LogP contribution in [-0.2, 0) is 4.79 Å². The van der Waals surface area contributed by atoms with E-state index in [9.17, 15) is 9.90 Å². The molecule has 0 radical (unpaired) electrons. The summed E-state index contributed by atoms with van der Waals surface area (Å²) in [6, 6.07) is 17.9. The van der Waals surface area contributed by atoms with Crippen molar-refractivity contribution in [1.29, 1.82) is 0 Å². The SMILES string of the molecule is COc1ccc(NC2(C(=O)N3CC[C@H](c4ccccc4)[C@H](O)C3)CCCCC2)cc1. The fraction of sp³-hybridized carbons (Fsp3) is 0.480. The first-order valence-electron chi connectivity index (χ1n) is 11.1. The van der Waals surface area contributed by atoms with Crippen molar-refractivity contribution < 1.29 is 14.6 Å². The van der Waals surface area contributed by atoms with Crippen molar-refractivity contribution in [1.82, 2.24) is 4.90 Å². The number of anilines is 1. The molecule has 1 heterocycles. The second-order valence-electron chi connectivity index (χ2n) is 8.62. The van der Waals surface area contributed by atoms with Gasteiger partial charge in [-0.3, -0.25) is 4.79 Å². The van der Waals surface area contributed by atoms with E-state index in [2.05, 4.69) is 17.4 Å². The minimum atomic E-state index is -0.591. The predicted molar refractivity (Wildman–Crippen MR) is 119 cm³/mol. The Bertz CT molecular complexity index is 831. The lowest BCUT2D eigenvalue weighted by Crippen LogP contribution is -2.58. The summed E-state index contributed by atoms with van der Waals surface area (Å²) in [6.07, 6.45) is 5.15. The van der Waals surface area contributed by atoms with Crippen LogP contribution in [0.2, 0.25) is 0 Å². The molecular formula is C25H32N2O3. The lowest BCUT2D eigenvalue weighted by molar-refractivity contribution is -0.140. The molecule has 2 fully saturated rings. The maximum absolute atomic E-state index is 13.7. The van der Waals surface area contributed by atoms with Crippen LogP contribution in [0.25, 0.3) is 0 Å². The molecule has 1 aliphatic heterocycles. The van der Waals surface area contributed by atoms with Gasteiger partial charge in [-0.15, -0.1) is 0 Å². The first-order chi connectivity index (χ1) is 14.6. The summed E-state index contributed by atoms with van der Waals surface area (Å²) in [5.74, 6) is 1.02. The second-order valence-corrected chi connectivity index (χ2v) is 8.62. The zero-order valence-electron chi connectivity index (χ0n) is 17.7. The smallest absolute Gasteiger partial charge is 0.248 e. The molecule has 160 valence electrons. The summed E-state index contributed by atoms with van der Waals surface area (Å²) >= 11 is 0. The average Bonchev–Trinajstić information content (AvgIpc) is 2.80. The first kappa shape index (κ1) is 20.7. The van der Waals surface area contributed by atoms with Crippen LogP contribution in [-0.4, -0.2) is 47.8 Å². The number of β-amino-alcohol motifs (C(OH)–C–C–N with tert-alkyl or cyclic N) is 1. The van der Waals surface area contributed by atoms with Crippen molar-refractivity contribution in [3.8, 4) is 5.75 Å². The Labute approximate surface area is 179 Å². The van der Waals surface area contributed by atoms with E-state index in [4.69, 9.17) is 4.74 Å². The molecule has 0 spiro atoms. The van der Waals surface area contributed by atoms with Crippen LogP contribution in [0.5, 0.6) is 5.75 Å². The number of aliphatic hydroxyl groups is 1. The molecule has 4 rings (SSSR count). The van der Waals surface area contributed by atoms with Gasteiger partial charge in [0, 0.05) is 24.7 Å². The molecular weight excluding hydrogens is 376 g/mol. The highest BCUT2D eigenvalue weighted by molar-refractivity contribution is 5.90. The quantitative estimate of drug-likeness (QED) is 0.779. The van der Waals surface area contributed by atoms with Gasteiger partial charge in [-0.25, -0.2) is 0 Å². The summed E-state index contributed by atoms with van der Waals surface area (Å²) in [6.45, 7) is 1.08. The zero-order chi connectivity index (χ0) is 21.0. The minimum Gasteiger partial charge on any atom is -0.497 e. The molecule has 1 amide bonds. The summed E-state index contributed by atoms with van der Waals surface area (Å²) in [4.78, 5) is 15.6. The van der Waals surface area contributed by atoms with E-state index in [0.717, 1.165) is 55.5 Å². The van der Waals surface area contributed by atoms with Crippen molar-refractivity contribution >= 4 is 11.6 Å². The highest BCUT2D eigenvalue weighted by Gasteiger charge is 2.44. The monoisotopic (exact) mass is 408 g/mol. The number of rotatable bonds is 5. The average molecular weight is 409 g/mol. The Hall–Kier alpha value is -2.53. The highest BCUT2D eigenvalue weighted by Crippen LogP contribution is 2.36. The number of nitrogens with one attached hydrogen (secondary N) is 1. The van der Waals surface area contributed by atoms with Crippen LogP contribution in [0.3, 0.4) is 0 Å². The van der Waals surface area contributed by atoms with Crippen molar-refractivity contribution in [3.05, 3.63) is 60.2 Å². The summed E-state index contributed by atoms with van der Waals surface area (Å²) < 4.78 is 5.25. The third-order valence-corrected chi connectivity index (χ3v) is 6.69. The van der Waals surface area contributed by atoms with Crippen molar-refractivity contribution in [2.75, 3.05) is 25.5 Å². The Balaban J connectivity index is 1.49. The van der Waals surface area contributed by atoms with E-state index in [1.165, 1.54) is 0 Å². The molecule has 2 aromatic carbocycles. The van der Waals surface area contributed by atoms with Gasteiger partial charge >= 0.3 is 0 Å². The maximum Gasteiger partial charge on any atom is 0.248 e. The van der Waals surface area contributed by atoms with Gasteiger partial charge in [0.1, 0.15) is 11.3 Å². The Kier molecular flexibility index (Phi) is 6.28. The topological polar surface area (TPSA) is 61.8 Å². The number of amides is 1. The number of nitrogens with zero attached hydrogens (tertiary/aromatic N) is 1. The summed E-state index contributed by atoms with van der Waals surface area (Å²) in [5.41, 5.74) is 1.50. The standard InChI is InChI=1S/C25H32N2O3/c1-30-21-12-10-20(11-13-21)26-25(15-6-3-7-16-25)24(29)27-17-14-22(23(28)18-27)19-8-4-2-5-9-19/h2,4-5,8-13,22-23,26,28H,3,6-7,14-18H2,1H3/t22-,23-/m1/s1. The van der Waals surface area contributed by atoms with Gasteiger partial charge < -0.3 is 20.1 Å². The van der Waals surface area contributed by atoms with E-state index in [0.29, 0.717) is 13.1 Å². The molecule has 0 aromatic heterocycles. The fourth-order valence-electron chi connectivity index (χ4n) is 5.01. The number of methoxy groups -OCH3 is 1. The third kappa shape index (κ3) is 4.31. The number of likely N-dealkylation sites (tertiary alicyclic amines) is 1. The number of hydrogen-bond acceptors (Lipinski definition) is 4. The van der Waals surface area contributed by atoms with Crippen molar-refractivity contribution in [3.63, 3.8) is 0 Å². The van der Waals surface area contributed by atoms with Crippen LogP contribution in [0.1, 0.15) is 50.0 Å². The zero-order valence-corrected chi connectivity index (χ0v) is 17.7. The lowest BCUT2D eigenvalue weighted by Gasteiger charge is -2.44. The first-order valence-corrected chi connectivity index (χ1v) is 11.1. The number of carbonyl (C=O) groups excluding carboxylic acids is 1. The Morgan fingerprint density at radius 2 is 1.77 bits per heavy atom. The van der Waals surface area contributed by atoms with Crippen LogP contribution < -0.4 is 10.1 Å². The summed E-state index contributed by atoms with van der Waals surface area (Å²) in [5, 5.41) is 14.4. The normalized spacial score (nSPS) is 23.6. The summed E-state index contributed by atoms with van der Waals surface area (Å²) in [7, 11) is 1.65. The van der Waals surface area contributed by atoms with Gasteiger partial charge in [-0.1, -0.05) is 49.6 Å². The van der Waals surface area contributed by atoms with Gasteiger partial charge in [-0.2, -0.15) is 0 Å². The molecule has 1 saturated heterocycles. The molecule has 5 heteroatoms. The fourth-order valence-corrected chi connectivity index (χ4v) is 5.01. The number of ether oxygens (including phenoxy) is 1. The van der Waals surface area contributed by atoms with Gasteiger partial charge in [0.25, 0.3) is 0 Å². The Morgan fingerprint density at radius 1 is 1.07 bits per heavy atom. The molecule has 5 nitrogen and oxygen atoms in total.